The summed E-state index contributed by atoms with van der Waals surface area (Å²) < 4.78 is 14.7. The number of methoxy groups -OCH3 is 2. The van der Waals surface area contributed by atoms with Crippen LogP contribution in [-0.4, -0.2) is 32.1 Å². The maximum absolute atomic E-state index is 12.6. The molecule has 0 amide bonds. The zero-order valence-electron chi connectivity index (χ0n) is 14.6. The lowest BCUT2D eigenvalue weighted by Crippen LogP contribution is -2.24. The Hall–Kier alpha value is -3.41. The summed E-state index contributed by atoms with van der Waals surface area (Å²) in [7, 11) is 2.27. The van der Waals surface area contributed by atoms with Crippen LogP contribution in [0, 0.1) is 6.92 Å². The van der Waals surface area contributed by atoms with Crippen LogP contribution in [0.3, 0.4) is 0 Å². The summed E-state index contributed by atoms with van der Waals surface area (Å²) in [5.41, 5.74) is 0.553. The van der Waals surface area contributed by atoms with Crippen molar-refractivity contribution in [2.75, 3.05) is 14.2 Å². The Morgan fingerprint density at radius 2 is 1.31 bits per heavy atom. The maximum Gasteiger partial charge on any atom is 0.351 e. The summed E-state index contributed by atoms with van der Waals surface area (Å²) in [6, 6.07) is 14.9. The van der Waals surface area contributed by atoms with Crippen molar-refractivity contribution < 1.29 is 28.6 Å². The SMILES string of the molecule is COC(=O)/C(C(=O)Oc1ccc(C)cc1)=C(/C(=O)OC)c1ccccc1. The van der Waals surface area contributed by atoms with Crippen LogP contribution in [0.1, 0.15) is 11.1 Å². The molecule has 0 aliphatic carbocycles. The first-order valence-electron chi connectivity index (χ1n) is 7.73. The smallest absolute Gasteiger partial charge is 0.351 e. The average Bonchev–Trinajstić information content (AvgIpc) is 2.67. The number of hydrogen-bond acceptors (Lipinski definition) is 6. The molecule has 0 aliphatic rings. The average molecular weight is 354 g/mol. The predicted octanol–water partition coefficient (Wildman–Crippen LogP) is 2.70. The molecule has 2 rings (SSSR count). The van der Waals surface area contributed by atoms with Gasteiger partial charge in [0, 0.05) is 0 Å². The molecule has 6 nitrogen and oxygen atoms in total. The standard InChI is InChI=1S/C20H18O6/c1-13-9-11-15(12-10-13)26-20(23)17(19(22)25-3)16(18(21)24-2)14-7-5-4-6-8-14/h4-12H,1-3H3/b17-16-. The largest absolute Gasteiger partial charge is 0.465 e. The van der Waals surface area contributed by atoms with Crippen molar-refractivity contribution in [3.05, 3.63) is 71.3 Å². The number of hydrogen-bond donors (Lipinski definition) is 0. The van der Waals surface area contributed by atoms with E-state index in [9.17, 15) is 14.4 Å². The van der Waals surface area contributed by atoms with Crippen LogP contribution in [0.5, 0.6) is 5.75 Å². The van der Waals surface area contributed by atoms with E-state index in [1.54, 1.807) is 54.6 Å². The zero-order valence-corrected chi connectivity index (χ0v) is 14.6. The highest BCUT2D eigenvalue weighted by Crippen LogP contribution is 2.23. The molecule has 26 heavy (non-hydrogen) atoms. The van der Waals surface area contributed by atoms with Gasteiger partial charge in [-0.25, -0.2) is 14.4 Å². The summed E-state index contributed by atoms with van der Waals surface area (Å²) in [6.45, 7) is 1.89. The highest BCUT2D eigenvalue weighted by Gasteiger charge is 2.31. The number of carbonyl (C=O) groups excluding carboxylic acids is 3. The molecule has 0 bridgehead atoms. The third-order valence-electron chi connectivity index (χ3n) is 3.53. The first-order valence-corrected chi connectivity index (χ1v) is 7.73. The van der Waals surface area contributed by atoms with Crippen LogP contribution < -0.4 is 4.74 Å². The molecule has 0 aromatic heterocycles. The van der Waals surface area contributed by atoms with Gasteiger partial charge in [0.2, 0.25) is 0 Å². The first kappa shape index (κ1) is 18.9. The molecular weight excluding hydrogens is 336 g/mol. The van der Waals surface area contributed by atoms with Crippen LogP contribution in [0.2, 0.25) is 0 Å². The van der Waals surface area contributed by atoms with Gasteiger partial charge in [-0.15, -0.1) is 0 Å². The van der Waals surface area contributed by atoms with Crippen molar-refractivity contribution in [3.63, 3.8) is 0 Å². The highest BCUT2D eigenvalue weighted by atomic mass is 16.6. The summed E-state index contributed by atoms with van der Waals surface area (Å²) in [5, 5.41) is 0. The molecule has 0 radical (unpaired) electrons. The second-order valence-corrected chi connectivity index (χ2v) is 5.30. The topological polar surface area (TPSA) is 78.9 Å². The number of esters is 3. The minimum Gasteiger partial charge on any atom is -0.465 e. The lowest BCUT2D eigenvalue weighted by molar-refractivity contribution is -0.142. The van der Waals surface area contributed by atoms with E-state index in [-0.39, 0.29) is 11.3 Å². The fraction of sp³-hybridized carbons (Fsp3) is 0.150. The zero-order chi connectivity index (χ0) is 19.1. The van der Waals surface area contributed by atoms with Crippen molar-refractivity contribution in [3.8, 4) is 5.75 Å². The molecule has 0 unspecified atom stereocenters. The lowest BCUT2D eigenvalue weighted by Gasteiger charge is -2.12. The normalized spacial score (nSPS) is 11.2. The van der Waals surface area contributed by atoms with Gasteiger partial charge in [0.1, 0.15) is 5.75 Å². The molecule has 0 saturated heterocycles. The molecule has 134 valence electrons. The van der Waals surface area contributed by atoms with Crippen molar-refractivity contribution in [1.82, 2.24) is 0 Å². The van der Waals surface area contributed by atoms with Gasteiger partial charge in [-0.3, -0.25) is 0 Å². The monoisotopic (exact) mass is 354 g/mol. The fourth-order valence-corrected chi connectivity index (χ4v) is 2.23. The van der Waals surface area contributed by atoms with Gasteiger partial charge in [0.25, 0.3) is 0 Å². The summed E-state index contributed by atoms with van der Waals surface area (Å²) in [4.78, 5) is 37.2. The van der Waals surface area contributed by atoms with E-state index < -0.39 is 23.5 Å². The Labute approximate surface area is 151 Å². The number of carbonyl (C=O) groups is 3. The van der Waals surface area contributed by atoms with Crippen molar-refractivity contribution in [2.24, 2.45) is 0 Å². The summed E-state index contributed by atoms with van der Waals surface area (Å²) in [6.07, 6.45) is 0. The Balaban J connectivity index is 2.56. The predicted molar refractivity (Wildman–Crippen MR) is 94.2 cm³/mol. The molecule has 2 aromatic carbocycles. The maximum atomic E-state index is 12.6. The van der Waals surface area contributed by atoms with Gasteiger partial charge < -0.3 is 14.2 Å². The minimum atomic E-state index is -1.01. The third-order valence-corrected chi connectivity index (χ3v) is 3.53. The molecule has 0 atom stereocenters. The van der Waals surface area contributed by atoms with Gasteiger partial charge in [0.15, 0.2) is 5.57 Å². The number of aryl methyl sites for hydroxylation is 1. The number of ether oxygens (including phenoxy) is 3. The van der Waals surface area contributed by atoms with Crippen molar-refractivity contribution >= 4 is 23.5 Å². The quantitative estimate of drug-likeness (QED) is 0.270. The fourth-order valence-electron chi connectivity index (χ4n) is 2.23. The van der Waals surface area contributed by atoms with Gasteiger partial charge in [-0.1, -0.05) is 48.0 Å². The van der Waals surface area contributed by atoms with Crippen LogP contribution >= 0.6 is 0 Å². The van der Waals surface area contributed by atoms with Gasteiger partial charge >= 0.3 is 17.9 Å². The van der Waals surface area contributed by atoms with E-state index >= 15 is 0 Å². The van der Waals surface area contributed by atoms with Gasteiger partial charge in [-0.05, 0) is 24.6 Å². The van der Waals surface area contributed by atoms with Crippen LogP contribution in [0.4, 0.5) is 0 Å². The van der Waals surface area contributed by atoms with Crippen molar-refractivity contribution in [1.29, 1.82) is 0 Å². The van der Waals surface area contributed by atoms with Gasteiger partial charge in [-0.2, -0.15) is 0 Å². The lowest BCUT2D eigenvalue weighted by atomic mass is 9.99. The van der Waals surface area contributed by atoms with Crippen LogP contribution in [-0.2, 0) is 23.9 Å². The van der Waals surface area contributed by atoms with Crippen LogP contribution in [0.25, 0.3) is 5.57 Å². The van der Waals surface area contributed by atoms with Crippen molar-refractivity contribution in [2.45, 2.75) is 6.92 Å². The molecule has 6 heteroatoms. The Morgan fingerprint density at radius 1 is 0.731 bits per heavy atom. The first-order chi connectivity index (χ1) is 12.5. The molecule has 0 spiro atoms. The molecule has 0 heterocycles. The van der Waals surface area contributed by atoms with Crippen LogP contribution in [0.15, 0.2) is 60.2 Å². The number of benzene rings is 2. The van der Waals surface area contributed by atoms with Gasteiger partial charge in [0.05, 0.1) is 19.8 Å². The molecule has 0 N–H and O–H groups in total. The second kappa shape index (κ2) is 8.62. The Morgan fingerprint density at radius 3 is 1.85 bits per heavy atom. The van der Waals surface area contributed by atoms with E-state index in [4.69, 9.17) is 9.47 Å². The highest BCUT2D eigenvalue weighted by molar-refractivity contribution is 6.32. The molecule has 2 aromatic rings. The molecule has 0 saturated carbocycles. The summed E-state index contributed by atoms with van der Waals surface area (Å²) >= 11 is 0. The minimum absolute atomic E-state index is 0.225. The van der Waals surface area contributed by atoms with E-state index in [1.165, 1.54) is 0 Å². The van der Waals surface area contributed by atoms with E-state index in [0.717, 1.165) is 19.8 Å². The number of rotatable bonds is 5. The third kappa shape index (κ3) is 4.36. The molecule has 0 aliphatic heterocycles. The van der Waals surface area contributed by atoms with E-state index in [1.807, 2.05) is 6.92 Å². The Kier molecular flexibility index (Phi) is 6.27. The second-order valence-electron chi connectivity index (χ2n) is 5.30. The Bertz CT molecular complexity index is 834. The summed E-state index contributed by atoms with van der Waals surface area (Å²) in [5.74, 6) is -2.62. The van der Waals surface area contributed by atoms with E-state index in [0.29, 0.717) is 5.56 Å². The molecular formula is C20H18O6. The molecule has 0 fully saturated rings. The van der Waals surface area contributed by atoms with E-state index in [2.05, 4.69) is 4.74 Å².